The van der Waals surface area contributed by atoms with Crippen LogP contribution >= 0.6 is 11.6 Å². The Hall–Kier alpha value is -4.80. The van der Waals surface area contributed by atoms with Crippen molar-refractivity contribution in [3.63, 3.8) is 0 Å². The summed E-state index contributed by atoms with van der Waals surface area (Å²) >= 11 is 6.00. The van der Waals surface area contributed by atoms with E-state index in [0.29, 0.717) is 0 Å². The second kappa shape index (κ2) is 12.2. The number of aromatic nitrogens is 2. The molecule has 6 N–H and O–H groups in total. The summed E-state index contributed by atoms with van der Waals surface area (Å²) in [5, 5.41) is 9.85. The average Bonchev–Trinajstić information content (AvgIpc) is 3.34. The Morgan fingerprint density at radius 2 is 1.91 bits per heavy atom. The number of hydrogen-bond acceptors (Lipinski definition) is 9. The number of nitrogens with one attached hydrogen (secondary N) is 2. The van der Waals surface area contributed by atoms with Gasteiger partial charge in [0.1, 0.15) is 18.0 Å². The lowest BCUT2D eigenvalue weighted by Crippen LogP contribution is -2.41. The number of aliphatic imine (C=N–C) groups is 1. The molecule has 0 spiro atoms. The number of primary amides is 2. The fourth-order valence-electron chi connectivity index (χ4n) is 4.40. The van der Waals surface area contributed by atoms with Gasteiger partial charge in [-0.3, -0.25) is 19.1 Å². The average molecular weight is 630 g/mol. The molecule has 0 aliphatic carbocycles. The summed E-state index contributed by atoms with van der Waals surface area (Å²) in [6.45, 7) is -0.218. The first kappa shape index (κ1) is 31.1. The number of carbonyl (C=O) groups is 4. The fraction of sp³-hybridized carbons (Fsp3) is 0.280. The smallest absolute Gasteiger partial charge is 0.386 e. The molecule has 0 radical (unpaired) electrons. The Morgan fingerprint density at radius 1 is 1.19 bits per heavy atom. The third-order valence-electron chi connectivity index (χ3n) is 6.31. The van der Waals surface area contributed by atoms with Crippen LogP contribution in [0.4, 0.5) is 27.6 Å². The van der Waals surface area contributed by atoms with E-state index in [-0.39, 0.29) is 46.2 Å². The number of carbonyl (C=O) groups excluding carboxylic acids is 4. The summed E-state index contributed by atoms with van der Waals surface area (Å²) in [6.07, 6.45) is -6.72. The topological polar surface area (TPSA) is 184 Å². The van der Waals surface area contributed by atoms with Gasteiger partial charge in [-0.25, -0.2) is 18.6 Å². The zero-order valence-corrected chi connectivity index (χ0v) is 22.4. The number of ether oxygens (including phenoxy) is 1. The molecule has 3 atom stereocenters. The first-order valence-corrected chi connectivity index (χ1v) is 12.6. The van der Waals surface area contributed by atoms with Crippen LogP contribution in [0.25, 0.3) is 10.9 Å². The summed E-state index contributed by atoms with van der Waals surface area (Å²) in [6, 6.07) is 3.72. The largest absolute Gasteiger partial charge is 0.491 e. The van der Waals surface area contributed by atoms with E-state index in [4.69, 9.17) is 23.1 Å². The minimum absolute atomic E-state index is 0.0189. The van der Waals surface area contributed by atoms with Gasteiger partial charge in [0.15, 0.2) is 5.96 Å². The monoisotopic (exact) mass is 629 g/mol. The molecule has 2 aromatic carbocycles. The minimum atomic E-state index is -5.52. The van der Waals surface area contributed by atoms with Crippen molar-refractivity contribution in [1.82, 2.24) is 15.1 Å². The zero-order chi connectivity index (χ0) is 31.6. The molecule has 1 aliphatic rings. The summed E-state index contributed by atoms with van der Waals surface area (Å²) in [7, 11) is 0. The first-order chi connectivity index (χ1) is 20.1. The number of benzene rings is 2. The Bertz CT molecular complexity index is 1640. The molecule has 4 rings (SSSR count). The number of anilines is 1. The number of hydrogen-bond donors (Lipinski definition) is 4. The number of nitrogens with two attached hydrogens (primary N) is 2. The van der Waals surface area contributed by atoms with Crippen molar-refractivity contribution in [1.29, 1.82) is 0 Å². The van der Waals surface area contributed by atoms with Crippen molar-refractivity contribution in [3.8, 4) is 0 Å². The Morgan fingerprint density at radius 3 is 2.51 bits per heavy atom. The highest BCUT2D eigenvalue weighted by atomic mass is 35.5. The zero-order valence-electron chi connectivity index (χ0n) is 21.6. The van der Waals surface area contributed by atoms with E-state index in [0.717, 1.165) is 22.9 Å². The first-order valence-electron chi connectivity index (χ1n) is 12.2. The molecule has 2 unspecified atom stereocenters. The van der Waals surface area contributed by atoms with Gasteiger partial charge in [0.2, 0.25) is 11.8 Å². The molecule has 2 amide bonds. The Balaban J connectivity index is 1.85. The van der Waals surface area contributed by atoms with Crippen molar-refractivity contribution in [2.24, 2.45) is 16.5 Å². The van der Waals surface area contributed by atoms with Gasteiger partial charge in [-0.2, -0.15) is 18.3 Å². The van der Waals surface area contributed by atoms with Crippen LogP contribution in [0.15, 0.2) is 41.5 Å². The molecule has 12 nitrogen and oxygen atoms in total. The van der Waals surface area contributed by atoms with Crippen molar-refractivity contribution in [3.05, 3.63) is 58.5 Å². The predicted octanol–water partition coefficient (Wildman–Crippen LogP) is 2.47. The van der Waals surface area contributed by atoms with Crippen LogP contribution in [0.5, 0.6) is 0 Å². The summed E-state index contributed by atoms with van der Waals surface area (Å²) in [4.78, 5) is 52.8. The number of fused-ring (bicyclic) bond motifs is 1. The molecule has 0 saturated carbocycles. The van der Waals surface area contributed by atoms with Crippen LogP contribution in [0.1, 0.15) is 34.3 Å². The van der Waals surface area contributed by atoms with E-state index in [9.17, 15) is 36.7 Å². The van der Waals surface area contributed by atoms with Crippen molar-refractivity contribution >= 4 is 57.9 Å². The SMILES string of the molecule is NC(=O)c1cc(NC2=NCC(F)CN2)c2cnn(C(C(N)=O)[C@@H](CC(=O)OC(=O)C(F)(F)F)c3cc(Cl)ccc3F)c2c1. The van der Waals surface area contributed by atoms with Crippen LogP contribution in [-0.2, 0) is 19.1 Å². The van der Waals surface area contributed by atoms with Gasteiger partial charge >= 0.3 is 18.1 Å². The van der Waals surface area contributed by atoms with E-state index in [1.807, 2.05) is 0 Å². The number of guanidine groups is 1. The summed E-state index contributed by atoms with van der Waals surface area (Å²) in [5.74, 6) is -9.39. The van der Waals surface area contributed by atoms with Crippen LogP contribution in [-0.4, -0.2) is 64.9 Å². The maximum absolute atomic E-state index is 15.1. The second-order valence-corrected chi connectivity index (χ2v) is 9.72. The van der Waals surface area contributed by atoms with Crippen LogP contribution < -0.4 is 22.1 Å². The number of esters is 2. The molecular formula is C25H21ClF5N7O5. The van der Waals surface area contributed by atoms with E-state index in [2.05, 4.69) is 25.5 Å². The minimum Gasteiger partial charge on any atom is -0.386 e. The van der Waals surface area contributed by atoms with Crippen LogP contribution in [0.2, 0.25) is 5.02 Å². The molecule has 228 valence electrons. The van der Waals surface area contributed by atoms with Gasteiger partial charge in [0, 0.05) is 21.9 Å². The standard InChI is InChI=1S/C25H21ClF5N7O5/c26-11-1-2-16(28)13(5-11)14(6-19(39)43-23(42)25(29,30)31)20(22(33)41)38-18-4-10(21(32)40)3-17(15(18)9-36-38)37-24-34-7-12(27)8-35-24/h1-5,9,12,14,20H,6-8H2,(H2,32,40)(H2,33,41)(H2,34,35,37)/t14-,20?/m0/s1. The summed E-state index contributed by atoms with van der Waals surface area (Å²) < 4.78 is 71.6. The van der Waals surface area contributed by atoms with Gasteiger partial charge in [0.05, 0.1) is 36.9 Å². The molecule has 1 aliphatic heterocycles. The lowest BCUT2D eigenvalue weighted by Gasteiger charge is -2.26. The molecule has 3 aromatic rings. The molecule has 0 fully saturated rings. The van der Waals surface area contributed by atoms with Crippen molar-refractivity contribution in [2.75, 3.05) is 18.4 Å². The van der Waals surface area contributed by atoms with E-state index < -0.39 is 65.9 Å². The van der Waals surface area contributed by atoms with Gasteiger partial charge in [-0.05, 0) is 35.9 Å². The number of nitrogens with zero attached hydrogens (tertiary/aromatic N) is 3. The Kier molecular flexibility index (Phi) is 8.84. The van der Waals surface area contributed by atoms with Crippen LogP contribution in [0, 0.1) is 5.82 Å². The highest BCUT2D eigenvalue weighted by Gasteiger charge is 2.43. The lowest BCUT2D eigenvalue weighted by molar-refractivity contribution is -0.202. The molecule has 43 heavy (non-hydrogen) atoms. The third-order valence-corrected chi connectivity index (χ3v) is 6.55. The fourth-order valence-corrected chi connectivity index (χ4v) is 4.58. The molecule has 0 bridgehead atoms. The Labute approximate surface area is 243 Å². The van der Waals surface area contributed by atoms with Crippen molar-refractivity contribution in [2.45, 2.75) is 30.7 Å². The molecule has 0 saturated heterocycles. The summed E-state index contributed by atoms with van der Waals surface area (Å²) in [5.41, 5.74) is 10.7. The second-order valence-electron chi connectivity index (χ2n) is 9.29. The molecule has 1 aromatic heterocycles. The van der Waals surface area contributed by atoms with Gasteiger partial charge in [-0.1, -0.05) is 11.6 Å². The quantitative estimate of drug-likeness (QED) is 0.166. The van der Waals surface area contributed by atoms with E-state index in [1.165, 1.54) is 18.3 Å². The van der Waals surface area contributed by atoms with Gasteiger partial charge in [0.25, 0.3) is 0 Å². The maximum Gasteiger partial charge on any atom is 0.491 e. The molecular weight excluding hydrogens is 609 g/mol. The molecule has 2 heterocycles. The highest BCUT2D eigenvalue weighted by molar-refractivity contribution is 6.30. The van der Waals surface area contributed by atoms with E-state index >= 15 is 4.39 Å². The number of amides is 2. The third kappa shape index (κ3) is 6.99. The van der Waals surface area contributed by atoms with Gasteiger partial charge < -0.3 is 26.8 Å². The van der Waals surface area contributed by atoms with Crippen LogP contribution in [0.3, 0.4) is 0 Å². The number of halogens is 6. The molecule has 18 heteroatoms. The van der Waals surface area contributed by atoms with E-state index in [1.54, 1.807) is 0 Å². The van der Waals surface area contributed by atoms with Gasteiger partial charge in [-0.15, -0.1) is 0 Å². The predicted molar refractivity (Wildman–Crippen MR) is 141 cm³/mol. The number of alkyl halides is 4. The maximum atomic E-state index is 15.1. The van der Waals surface area contributed by atoms with Crippen molar-refractivity contribution < 1.29 is 45.9 Å². The lowest BCUT2D eigenvalue weighted by atomic mass is 9.87. The normalized spacial score (nSPS) is 16.5. The number of rotatable bonds is 8. The highest BCUT2D eigenvalue weighted by Crippen LogP contribution is 2.38.